The SMILES string of the molecule is Cc1cc(CSc2nc3ccccc3c(=O)n2[C@H]2CCC[C@H](C)[C@@H]2C)no1. The van der Waals surface area contributed by atoms with Gasteiger partial charge in [0, 0.05) is 17.9 Å². The van der Waals surface area contributed by atoms with Crippen LogP contribution in [0.25, 0.3) is 10.9 Å². The lowest BCUT2D eigenvalue weighted by atomic mass is 9.78. The van der Waals surface area contributed by atoms with Gasteiger partial charge in [-0.15, -0.1) is 0 Å². The number of rotatable bonds is 4. The molecule has 3 atom stereocenters. The summed E-state index contributed by atoms with van der Waals surface area (Å²) in [5, 5.41) is 5.56. The zero-order valence-corrected chi connectivity index (χ0v) is 16.8. The highest BCUT2D eigenvalue weighted by molar-refractivity contribution is 7.98. The van der Waals surface area contributed by atoms with Crippen molar-refractivity contribution in [3.05, 3.63) is 52.1 Å². The molecule has 3 aromatic rings. The van der Waals surface area contributed by atoms with Gasteiger partial charge in [-0.1, -0.05) is 55.7 Å². The monoisotopic (exact) mass is 383 g/mol. The molecular weight excluding hydrogens is 358 g/mol. The van der Waals surface area contributed by atoms with Crippen molar-refractivity contribution in [3.8, 4) is 0 Å². The summed E-state index contributed by atoms with van der Waals surface area (Å²) in [5.41, 5.74) is 1.70. The van der Waals surface area contributed by atoms with E-state index in [0.29, 0.717) is 23.0 Å². The van der Waals surface area contributed by atoms with E-state index in [0.717, 1.165) is 35.0 Å². The first-order valence-corrected chi connectivity index (χ1v) is 10.6. The van der Waals surface area contributed by atoms with E-state index in [2.05, 4.69) is 19.0 Å². The smallest absolute Gasteiger partial charge is 0.262 e. The number of aryl methyl sites for hydroxylation is 1. The van der Waals surface area contributed by atoms with Crippen LogP contribution in [0, 0.1) is 18.8 Å². The molecule has 0 aliphatic heterocycles. The Morgan fingerprint density at radius 3 is 2.85 bits per heavy atom. The van der Waals surface area contributed by atoms with Crippen molar-refractivity contribution in [1.82, 2.24) is 14.7 Å². The molecule has 2 heterocycles. The maximum absolute atomic E-state index is 13.4. The first kappa shape index (κ1) is 18.3. The molecule has 6 heteroatoms. The van der Waals surface area contributed by atoms with E-state index in [1.54, 1.807) is 11.8 Å². The fourth-order valence-corrected chi connectivity index (χ4v) is 5.00. The standard InChI is InChI=1S/C21H25N3O2S/c1-13-7-6-10-19(15(13)3)24-20(25)17-8-4-5-9-18(17)22-21(24)27-12-16-11-14(2)26-23-16/h4-5,8-9,11,13,15,19H,6-7,10,12H2,1-3H3/t13-,15-,19-/m0/s1. The molecule has 0 radical (unpaired) electrons. The topological polar surface area (TPSA) is 60.9 Å². The molecule has 0 bridgehead atoms. The van der Waals surface area contributed by atoms with Crippen molar-refractivity contribution in [3.63, 3.8) is 0 Å². The van der Waals surface area contributed by atoms with Crippen LogP contribution in [-0.4, -0.2) is 14.7 Å². The average Bonchev–Trinajstić information content (AvgIpc) is 3.08. The van der Waals surface area contributed by atoms with Gasteiger partial charge in [0.15, 0.2) is 5.16 Å². The molecule has 0 unspecified atom stereocenters. The first-order valence-electron chi connectivity index (χ1n) is 9.61. The van der Waals surface area contributed by atoms with Crippen LogP contribution < -0.4 is 5.56 Å². The second-order valence-corrected chi connectivity index (χ2v) is 8.58. The van der Waals surface area contributed by atoms with Gasteiger partial charge in [0.05, 0.1) is 16.6 Å². The van der Waals surface area contributed by atoms with Crippen LogP contribution in [0.4, 0.5) is 0 Å². The van der Waals surface area contributed by atoms with Gasteiger partial charge in [-0.25, -0.2) is 4.98 Å². The summed E-state index contributed by atoms with van der Waals surface area (Å²) in [7, 11) is 0. The fraction of sp³-hybridized carbons (Fsp3) is 0.476. The number of para-hydroxylation sites is 1. The van der Waals surface area contributed by atoms with E-state index < -0.39 is 0 Å². The lowest BCUT2D eigenvalue weighted by molar-refractivity contribution is 0.173. The molecule has 2 aromatic heterocycles. The van der Waals surface area contributed by atoms with Crippen LogP contribution in [0.5, 0.6) is 0 Å². The molecule has 0 saturated heterocycles. The molecular formula is C21H25N3O2S. The minimum atomic E-state index is 0.0744. The van der Waals surface area contributed by atoms with Gasteiger partial charge in [-0.05, 0) is 37.3 Å². The van der Waals surface area contributed by atoms with Gasteiger partial charge < -0.3 is 4.52 Å². The summed E-state index contributed by atoms with van der Waals surface area (Å²) < 4.78 is 7.13. The molecule has 1 aromatic carbocycles. The molecule has 0 spiro atoms. The second-order valence-electron chi connectivity index (χ2n) is 7.64. The molecule has 1 saturated carbocycles. The van der Waals surface area contributed by atoms with Crippen molar-refractivity contribution in [2.24, 2.45) is 11.8 Å². The number of benzene rings is 1. The van der Waals surface area contributed by atoms with Gasteiger partial charge in [0.25, 0.3) is 5.56 Å². The number of aromatic nitrogens is 3. The van der Waals surface area contributed by atoms with Crippen LogP contribution in [0.2, 0.25) is 0 Å². The Labute approximate surface area is 163 Å². The third-order valence-corrected chi connectivity index (χ3v) is 6.78. The van der Waals surface area contributed by atoms with E-state index in [4.69, 9.17) is 9.51 Å². The third kappa shape index (κ3) is 3.55. The number of hydrogen-bond donors (Lipinski definition) is 0. The minimum absolute atomic E-state index is 0.0744. The Morgan fingerprint density at radius 2 is 2.07 bits per heavy atom. The van der Waals surface area contributed by atoms with E-state index >= 15 is 0 Å². The van der Waals surface area contributed by atoms with Crippen LogP contribution in [0.3, 0.4) is 0 Å². The summed E-state index contributed by atoms with van der Waals surface area (Å²) in [6, 6.07) is 9.76. The third-order valence-electron chi connectivity index (χ3n) is 5.80. The maximum atomic E-state index is 13.4. The molecule has 27 heavy (non-hydrogen) atoms. The molecule has 142 valence electrons. The number of hydrogen-bond acceptors (Lipinski definition) is 5. The lowest BCUT2D eigenvalue weighted by Gasteiger charge is -2.36. The predicted molar refractivity (Wildman–Crippen MR) is 108 cm³/mol. The van der Waals surface area contributed by atoms with Crippen LogP contribution >= 0.6 is 11.8 Å². The quantitative estimate of drug-likeness (QED) is 0.469. The van der Waals surface area contributed by atoms with E-state index in [1.807, 2.05) is 41.8 Å². The Balaban J connectivity index is 1.78. The number of thioether (sulfide) groups is 1. The van der Waals surface area contributed by atoms with E-state index in [9.17, 15) is 4.79 Å². The van der Waals surface area contributed by atoms with Crippen LogP contribution in [0.1, 0.15) is 50.6 Å². The van der Waals surface area contributed by atoms with Gasteiger partial charge in [0.2, 0.25) is 0 Å². The highest BCUT2D eigenvalue weighted by Crippen LogP contribution is 2.39. The average molecular weight is 384 g/mol. The van der Waals surface area contributed by atoms with Gasteiger partial charge in [0.1, 0.15) is 5.76 Å². The van der Waals surface area contributed by atoms with Gasteiger partial charge in [-0.2, -0.15) is 0 Å². The Morgan fingerprint density at radius 1 is 1.26 bits per heavy atom. The predicted octanol–water partition coefficient (Wildman–Crippen LogP) is 4.98. The normalized spacial score (nSPS) is 23.0. The Kier molecular flexibility index (Phi) is 5.08. The maximum Gasteiger partial charge on any atom is 0.262 e. The van der Waals surface area contributed by atoms with Gasteiger partial charge in [-0.3, -0.25) is 9.36 Å². The van der Waals surface area contributed by atoms with Crippen molar-refractivity contribution in [2.45, 2.75) is 57.0 Å². The van der Waals surface area contributed by atoms with Crippen molar-refractivity contribution in [1.29, 1.82) is 0 Å². The zero-order chi connectivity index (χ0) is 19.0. The molecule has 1 fully saturated rings. The zero-order valence-electron chi connectivity index (χ0n) is 16.0. The summed E-state index contributed by atoms with van der Waals surface area (Å²) in [6.07, 6.45) is 3.41. The molecule has 4 rings (SSSR count). The Bertz CT molecular complexity index is 1010. The summed E-state index contributed by atoms with van der Waals surface area (Å²) in [5.74, 6) is 2.49. The Hall–Kier alpha value is -2.08. The summed E-state index contributed by atoms with van der Waals surface area (Å²) in [6.45, 7) is 6.45. The molecule has 0 N–H and O–H groups in total. The first-order chi connectivity index (χ1) is 13.0. The van der Waals surface area contributed by atoms with Crippen LogP contribution in [0.15, 0.2) is 44.8 Å². The minimum Gasteiger partial charge on any atom is -0.361 e. The molecule has 0 amide bonds. The van der Waals surface area contributed by atoms with Crippen molar-refractivity contribution in [2.75, 3.05) is 0 Å². The van der Waals surface area contributed by atoms with E-state index in [1.165, 1.54) is 6.42 Å². The lowest BCUT2D eigenvalue weighted by Crippen LogP contribution is -2.35. The van der Waals surface area contributed by atoms with E-state index in [-0.39, 0.29) is 11.6 Å². The van der Waals surface area contributed by atoms with Crippen molar-refractivity contribution >= 4 is 22.7 Å². The molecule has 5 nitrogen and oxygen atoms in total. The molecule has 1 aliphatic carbocycles. The number of nitrogens with zero attached hydrogens (tertiary/aromatic N) is 3. The molecule has 1 aliphatic rings. The largest absolute Gasteiger partial charge is 0.361 e. The fourth-order valence-electron chi connectivity index (χ4n) is 4.06. The van der Waals surface area contributed by atoms with Crippen molar-refractivity contribution < 1.29 is 4.52 Å². The highest BCUT2D eigenvalue weighted by atomic mass is 32.2. The number of fused-ring (bicyclic) bond motifs is 1. The second kappa shape index (κ2) is 7.50. The summed E-state index contributed by atoms with van der Waals surface area (Å²) in [4.78, 5) is 18.3. The highest BCUT2D eigenvalue weighted by Gasteiger charge is 2.31. The van der Waals surface area contributed by atoms with Gasteiger partial charge >= 0.3 is 0 Å². The van der Waals surface area contributed by atoms with Crippen LogP contribution in [-0.2, 0) is 5.75 Å². The summed E-state index contributed by atoms with van der Waals surface area (Å²) >= 11 is 1.57.